The summed E-state index contributed by atoms with van der Waals surface area (Å²) < 4.78 is 0. The first kappa shape index (κ1) is 19.9. The van der Waals surface area contributed by atoms with Crippen LogP contribution in [0.2, 0.25) is 0 Å². The molecule has 1 fully saturated rings. The standard InChI is InChI=1S/C21H27N5O2S/c1-16-15-22-21(29-16)25-13-11-24(12-14-25)19(27)7-8-20(28)26-10-9-18(23-26)17-5-3-2-4-6-17/h2-6,16H,7-15H2,1H3/t16-/m0/s1. The van der Waals surface area contributed by atoms with Crippen LogP contribution < -0.4 is 0 Å². The molecule has 1 atom stereocenters. The molecule has 29 heavy (non-hydrogen) atoms. The Balaban J connectivity index is 1.22. The van der Waals surface area contributed by atoms with Crippen molar-refractivity contribution in [1.82, 2.24) is 14.8 Å². The van der Waals surface area contributed by atoms with Gasteiger partial charge in [-0.1, -0.05) is 49.0 Å². The highest BCUT2D eigenvalue weighted by Gasteiger charge is 2.27. The SMILES string of the molecule is C[C@H]1CN=C(N2CCN(C(=O)CCC(=O)N3CCC(c4ccccc4)=N3)CC2)S1. The monoisotopic (exact) mass is 413 g/mol. The molecule has 3 heterocycles. The van der Waals surface area contributed by atoms with Gasteiger partial charge in [0.25, 0.3) is 0 Å². The summed E-state index contributed by atoms with van der Waals surface area (Å²) in [4.78, 5) is 33.8. The topological polar surface area (TPSA) is 68.6 Å². The Morgan fingerprint density at radius 2 is 1.76 bits per heavy atom. The van der Waals surface area contributed by atoms with Crippen molar-refractivity contribution in [3.63, 3.8) is 0 Å². The van der Waals surface area contributed by atoms with Crippen molar-refractivity contribution in [3.05, 3.63) is 35.9 Å². The maximum atomic E-state index is 12.5. The van der Waals surface area contributed by atoms with Gasteiger partial charge in [-0.25, -0.2) is 5.01 Å². The molecule has 1 aromatic carbocycles. The van der Waals surface area contributed by atoms with Crippen molar-refractivity contribution in [3.8, 4) is 0 Å². The number of amidine groups is 1. The summed E-state index contributed by atoms with van der Waals surface area (Å²) in [5.41, 5.74) is 1.99. The lowest BCUT2D eigenvalue weighted by Crippen LogP contribution is -2.50. The summed E-state index contributed by atoms with van der Waals surface area (Å²) >= 11 is 1.82. The molecule has 0 aliphatic carbocycles. The van der Waals surface area contributed by atoms with Crippen LogP contribution in [0.25, 0.3) is 0 Å². The molecule has 0 bridgehead atoms. The Hall–Kier alpha value is -2.35. The van der Waals surface area contributed by atoms with Gasteiger partial charge in [-0.15, -0.1) is 0 Å². The van der Waals surface area contributed by atoms with E-state index in [9.17, 15) is 9.59 Å². The van der Waals surface area contributed by atoms with Crippen LogP contribution in [0.15, 0.2) is 40.4 Å². The smallest absolute Gasteiger partial charge is 0.243 e. The van der Waals surface area contributed by atoms with Gasteiger partial charge in [0.15, 0.2) is 5.17 Å². The first-order valence-corrected chi connectivity index (χ1v) is 11.2. The summed E-state index contributed by atoms with van der Waals surface area (Å²) in [6.45, 7) is 6.68. The fourth-order valence-corrected chi connectivity index (χ4v) is 4.74. The number of carbonyl (C=O) groups is 2. The van der Waals surface area contributed by atoms with E-state index >= 15 is 0 Å². The normalized spacial score (nSPS) is 22.0. The summed E-state index contributed by atoms with van der Waals surface area (Å²) in [5.74, 6) is -0.0209. The highest BCUT2D eigenvalue weighted by molar-refractivity contribution is 8.14. The number of hydrazone groups is 1. The summed E-state index contributed by atoms with van der Waals surface area (Å²) in [7, 11) is 0. The molecule has 0 aromatic heterocycles. The molecule has 154 valence electrons. The molecule has 8 heteroatoms. The first-order valence-electron chi connectivity index (χ1n) is 10.3. The lowest BCUT2D eigenvalue weighted by atomic mass is 10.1. The Morgan fingerprint density at radius 1 is 1.03 bits per heavy atom. The van der Waals surface area contributed by atoms with Crippen molar-refractivity contribution in [1.29, 1.82) is 0 Å². The van der Waals surface area contributed by atoms with Gasteiger partial charge in [0, 0.05) is 50.7 Å². The second-order valence-electron chi connectivity index (χ2n) is 7.60. The van der Waals surface area contributed by atoms with Crippen LogP contribution in [0.1, 0.15) is 31.7 Å². The van der Waals surface area contributed by atoms with E-state index in [4.69, 9.17) is 0 Å². The number of rotatable bonds is 4. The van der Waals surface area contributed by atoms with Gasteiger partial charge >= 0.3 is 0 Å². The number of hydrogen-bond acceptors (Lipinski definition) is 6. The van der Waals surface area contributed by atoms with E-state index < -0.39 is 0 Å². The van der Waals surface area contributed by atoms with Crippen LogP contribution >= 0.6 is 11.8 Å². The van der Waals surface area contributed by atoms with E-state index in [1.807, 2.05) is 47.0 Å². The molecule has 4 rings (SSSR count). The number of benzene rings is 1. The van der Waals surface area contributed by atoms with Crippen molar-refractivity contribution < 1.29 is 9.59 Å². The number of aliphatic imine (C=N–C) groups is 1. The maximum Gasteiger partial charge on any atom is 0.243 e. The van der Waals surface area contributed by atoms with Gasteiger partial charge in [-0.3, -0.25) is 14.6 Å². The number of piperazine rings is 1. The quantitative estimate of drug-likeness (QED) is 0.758. The maximum absolute atomic E-state index is 12.5. The third-order valence-electron chi connectivity index (χ3n) is 5.44. The number of thioether (sulfide) groups is 1. The van der Waals surface area contributed by atoms with Crippen molar-refractivity contribution >= 4 is 34.5 Å². The van der Waals surface area contributed by atoms with Crippen LogP contribution in [0.4, 0.5) is 0 Å². The molecule has 0 saturated carbocycles. The van der Waals surface area contributed by atoms with Crippen molar-refractivity contribution in [2.75, 3.05) is 39.3 Å². The zero-order chi connectivity index (χ0) is 20.2. The van der Waals surface area contributed by atoms with Crippen LogP contribution in [0.3, 0.4) is 0 Å². The zero-order valence-corrected chi connectivity index (χ0v) is 17.6. The summed E-state index contributed by atoms with van der Waals surface area (Å²) in [6.07, 6.45) is 1.22. The number of nitrogens with zero attached hydrogens (tertiary/aromatic N) is 5. The van der Waals surface area contributed by atoms with Gasteiger partial charge in [0.2, 0.25) is 11.8 Å². The second-order valence-corrected chi connectivity index (χ2v) is 9.00. The van der Waals surface area contributed by atoms with Crippen LogP contribution in [-0.4, -0.2) is 82.0 Å². The minimum Gasteiger partial charge on any atom is -0.348 e. The average molecular weight is 414 g/mol. The fraction of sp³-hybridized carbons (Fsp3) is 0.524. The largest absolute Gasteiger partial charge is 0.348 e. The van der Waals surface area contributed by atoms with E-state index in [0.29, 0.717) is 24.9 Å². The second kappa shape index (κ2) is 8.98. The average Bonchev–Trinajstić information content (AvgIpc) is 3.42. The van der Waals surface area contributed by atoms with Gasteiger partial charge in [0.05, 0.1) is 18.8 Å². The van der Waals surface area contributed by atoms with Crippen molar-refractivity contribution in [2.24, 2.45) is 10.1 Å². The lowest BCUT2D eigenvalue weighted by molar-refractivity contribution is -0.137. The number of hydrogen-bond donors (Lipinski definition) is 0. The van der Waals surface area contributed by atoms with Crippen LogP contribution in [0, 0.1) is 0 Å². The molecular formula is C21H27N5O2S. The Morgan fingerprint density at radius 3 is 2.45 bits per heavy atom. The molecule has 0 radical (unpaired) electrons. The molecule has 2 amide bonds. The number of carbonyl (C=O) groups excluding carboxylic acids is 2. The third-order valence-corrected chi connectivity index (χ3v) is 6.59. The summed E-state index contributed by atoms with van der Waals surface area (Å²) in [6, 6.07) is 9.92. The molecule has 0 N–H and O–H groups in total. The molecule has 1 saturated heterocycles. The highest BCUT2D eigenvalue weighted by Crippen LogP contribution is 2.24. The lowest BCUT2D eigenvalue weighted by Gasteiger charge is -2.35. The minimum atomic E-state index is -0.0754. The van der Waals surface area contributed by atoms with Crippen molar-refractivity contribution in [2.45, 2.75) is 31.4 Å². The summed E-state index contributed by atoms with van der Waals surface area (Å²) in [5, 5.41) is 7.64. The van der Waals surface area contributed by atoms with Crippen LogP contribution in [-0.2, 0) is 9.59 Å². The Labute approximate surface area is 175 Å². The Bertz CT molecular complexity index is 818. The van der Waals surface area contributed by atoms with Gasteiger partial charge in [-0.2, -0.15) is 5.10 Å². The van der Waals surface area contributed by atoms with E-state index in [1.165, 1.54) is 5.01 Å². The molecule has 1 aromatic rings. The molecular weight excluding hydrogens is 386 g/mol. The van der Waals surface area contributed by atoms with E-state index in [1.54, 1.807) is 0 Å². The molecule has 3 aliphatic rings. The van der Waals surface area contributed by atoms with E-state index in [2.05, 4.69) is 21.9 Å². The van der Waals surface area contributed by atoms with Gasteiger partial charge in [-0.05, 0) is 5.56 Å². The molecule has 0 spiro atoms. The van der Waals surface area contributed by atoms with Crippen LogP contribution in [0.5, 0.6) is 0 Å². The van der Waals surface area contributed by atoms with E-state index in [-0.39, 0.29) is 24.7 Å². The highest BCUT2D eigenvalue weighted by atomic mass is 32.2. The first-order chi connectivity index (χ1) is 14.1. The predicted octanol–water partition coefficient (Wildman–Crippen LogP) is 2.04. The molecule has 0 unspecified atom stereocenters. The fourth-order valence-electron chi connectivity index (χ4n) is 3.75. The zero-order valence-electron chi connectivity index (χ0n) is 16.8. The van der Waals surface area contributed by atoms with Gasteiger partial charge in [0.1, 0.15) is 0 Å². The Kier molecular flexibility index (Phi) is 6.18. The van der Waals surface area contributed by atoms with Gasteiger partial charge < -0.3 is 9.80 Å². The predicted molar refractivity (Wildman–Crippen MR) is 116 cm³/mol. The number of amides is 2. The molecule has 7 nitrogen and oxygen atoms in total. The molecule has 3 aliphatic heterocycles. The third kappa shape index (κ3) is 4.80. The van der Waals surface area contributed by atoms with E-state index in [0.717, 1.165) is 42.5 Å². The minimum absolute atomic E-state index is 0.0545.